The molecule has 2 unspecified atom stereocenters. The van der Waals surface area contributed by atoms with Gasteiger partial charge in [-0.05, 0) is 98.9 Å². The minimum Gasteiger partial charge on any atom is -0.472 e. The highest BCUT2D eigenvalue weighted by atomic mass is 35.5. The molecule has 3 N–H and O–H groups in total. The maximum absolute atomic E-state index is 13.0. The maximum Gasteiger partial charge on any atom is 0.268 e. The molecule has 8 rings (SSSR count). The molecule has 1 heterocycles. The van der Waals surface area contributed by atoms with Crippen molar-refractivity contribution in [1.29, 1.82) is 5.26 Å². The van der Waals surface area contributed by atoms with Gasteiger partial charge < -0.3 is 19.7 Å². The highest BCUT2D eigenvalue weighted by Crippen LogP contribution is 2.56. The topological polar surface area (TPSA) is 133 Å². The molecule has 6 saturated carbocycles. The summed E-state index contributed by atoms with van der Waals surface area (Å²) in [7, 11) is 0. The van der Waals surface area contributed by atoms with Crippen molar-refractivity contribution in [3.8, 4) is 12.1 Å². The van der Waals surface area contributed by atoms with Gasteiger partial charge in [-0.2, -0.15) is 5.26 Å². The van der Waals surface area contributed by atoms with Crippen LogP contribution in [0.5, 0.6) is 5.88 Å². The summed E-state index contributed by atoms with van der Waals surface area (Å²) in [5, 5.41) is 32.1. The summed E-state index contributed by atoms with van der Waals surface area (Å²) in [6, 6.07) is 4.83. The number of rotatable bonds is 9. The fourth-order valence-corrected chi connectivity index (χ4v) is 9.78. The molecular formula is C31H35Cl2N5O4S. The molecule has 0 saturated heterocycles. The van der Waals surface area contributed by atoms with E-state index in [4.69, 9.17) is 37.5 Å². The predicted octanol–water partition coefficient (Wildman–Crippen LogP) is 6.11. The number of hydrogen-bond donors (Lipinski definition) is 3. The predicted molar refractivity (Wildman–Crippen MR) is 164 cm³/mol. The minimum absolute atomic E-state index is 0.0242. The molecule has 2 aromatic rings. The Morgan fingerprint density at radius 3 is 2.60 bits per heavy atom. The molecule has 1 amide bonds. The van der Waals surface area contributed by atoms with Crippen molar-refractivity contribution in [1.82, 2.24) is 15.8 Å². The molecule has 0 radical (unpaired) electrons. The first-order chi connectivity index (χ1) is 20.7. The molecule has 0 spiro atoms. The molecule has 43 heavy (non-hydrogen) atoms. The van der Waals surface area contributed by atoms with Crippen LogP contribution in [-0.4, -0.2) is 51.0 Å². The van der Waals surface area contributed by atoms with Gasteiger partial charge in [-0.3, -0.25) is 15.1 Å². The van der Waals surface area contributed by atoms with Crippen LogP contribution in [0.4, 0.5) is 0 Å². The Morgan fingerprint density at radius 1 is 1.21 bits per heavy atom. The van der Waals surface area contributed by atoms with E-state index in [1.54, 1.807) is 30.0 Å². The number of halogens is 2. The number of ether oxygens (including phenoxy) is 1. The number of aliphatic hydroxyl groups is 1. The smallest absolute Gasteiger partial charge is 0.268 e. The van der Waals surface area contributed by atoms with Gasteiger partial charge in [0.25, 0.3) is 11.8 Å². The second kappa shape index (κ2) is 11.5. The molecular weight excluding hydrogens is 609 g/mol. The van der Waals surface area contributed by atoms with Crippen LogP contribution in [0.25, 0.3) is 0 Å². The lowest BCUT2D eigenvalue weighted by Gasteiger charge is -2.56. The Labute approximate surface area is 265 Å². The molecule has 0 aliphatic heterocycles. The number of amides is 1. The SMILES string of the molecule is N#CNC(=NC1C2CC3CC1CC(O)(C3)C2)c1onc(OCC2(NC(=O)c3ccc(Cl)cc3Cl)CC2)c1SC1CCCC1. The van der Waals surface area contributed by atoms with E-state index in [1.165, 1.54) is 12.8 Å². The number of aliphatic imine (C=N–C) groups is 1. The second-order valence-corrected chi connectivity index (χ2v) is 15.4. The lowest BCUT2D eigenvalue weighted by Crippen LogP contribution is -2.56. The lowest BCUT2D eigenvalue weighted by atomic mass is 9.52. The number of nitrogens with one attached hydrogen (secondary N) is 2. The molecule has 1 aromatic carbocycles. The minimum atomic E-state index is -0.560. The summed E-state index contributed by atoms with van der Waals surface area (Å²) in [4.78, 5) is 18.9. The van der Waals surface area contributed by atoms with Gasteiger partial charge in [-0.1, -0.05) is 36.0 Å². The Kier molecular flexibility index (Phi) is 7.82. The van der Waals surface area contributed by atoms with E-state index < -0.39 is 11.1 Å². The van der Waals surface area contributed by atoms with Crippen LogP contribution in [0.3, 0.4) is 0 Å². The molecule has 6 fully saturated rings. The molecule has 1 aromatic heterocycles. The highest BCUT2D eigenvalue weighted by molar-refractivity contribution is 8.00. The first kappa shape index (κ1) is 29.3. The number of hydrogen-bond acceptors (Lipinski definition) is 8. The van der Waals surface area contributed by atoms with Crippen LogP contribution < -0.4 is 15.4 Å². The largest absolute Gasteiger partial charge is 0.472 e. The fourth-order valence-electron chi connectivity index (χ4n) is 7.95. The van der Waals surface area contributed by atoms with E-state index in [1.807, 2.05) is 0 Å². The summed E-state index contributed by atoms with van der Waals surface area (Å²) >= 11 is 13.9. The zero-order chi connectivity index (χ0) is 29.8. The van der Waals surface area contributed by atoms with Gasteiger partial charge in [0, 0.05) is 10.3 Å². The van der Waals surface area contributed by atoms with Crippen LogP contribution in [-0.2, 0) is 0 Å². The van der Waals surface area contributed by atoms with Crippen molar-refractivity contribution in [3.05, 3.63) is 39.6 Å². The summed E-state index contributed by atoms with van der Waals surface area (Å²) in [5.41, 5.74) is -0.731. The van der Waals surface area contributed by atoms with Gasteiger partial charge in [0.1, 0.15) is 11.5 Å². The van der Waals surface area contributed by atoms with Gasteiger partial charge in [0.05, 0.1) is 27.8 Å². The second-order valence-electron chi connectivity index (χ2n) is 13.2. The van der Waals surface area contributed by atoms with Crippen molar-refractivity contribution < 1.29 is 19.2 Å². The zero-order valence-electron chi connectivity index (χ0n) is 23.8. The summed E-state index contributed by atoms with van der Waals surface area (Å²) in [5.74, 6) is 2.02. The Bertz CT molecular complexity index is 1460. The van der Waals surface area contributed by atoms with E-state index >= 15 is 0 Å². The molecule has 228 valence electrons. The Balaban J connectivity index is 1.12. The molecule has 12 heteroatoms. The first-order valence-corrected chi connectivity index (χ1v) is 16.9. The Morgan fingerprint density at radius 2 is 1.95 bits per heavy atom. The van der Waals surface area contributed by atoms with E-state index in [2.05, 4.69) is 22.0 Å². The number of nitrogens with zero attached hydrogens (tertiary/aromatic N) is 3. The van der Waals surface area contributed by atoms with Crippen molar-refractivity contribution in [2.45, 2.75) is 98.0 Å². The number of benzene rings is 1. The average molecular weight is 645 g/mol. The quantitative estimate of drug-likeness (QED) is 0.129. The number of nitriles is 1. The maximum atomic E-state index is 13.0. The number of carbonyl (C=O) groups is 1. The molecule has 6 aliphatic carbocycles. The third-order valence-electron chi connectivity index (χ3n) is 9.96. The van der Waals surface area contributed by atoms with Crippen molar-refractivity contribution >= 4 is 46.7 Å². The van der Waals surface area contributed by atoms with Gasteiger partial charge in [0.2, 0.25) is 5.76 Å². The van der Waals surface area contributed by atoms with Crippen LogP contribution in [0, 0.1) is 29.2 Å². The normalized spacial score (nSPS) is 30.7. The summed E-state index contributed by atoms with van der Waals surface area (Å²) in [6.07, 6.45) is 12.6. The number of amidine groups is 1. The van der Waals surface area contributed by atoms with Crippen molar-refractivity contribution in [2.75, 3.05) is 6.61 Å². The van der Waals surface area contributed by atoms with Crippen molar-refractivity contribution in [3.63, 3.8) is 0 Å². The highest BCUT2D eigenvalue weighted by Gasteiger charge is 2.55. The number of aromatic nitrogens is 1. The Hall–Kier alpha value is -2.45. The van der Waals surface area contributed by atoms with E-state index in [0.29, 0.717) is 56.1 Å². The molecule has 9 nitrogen and oxygen atoms in total. The third-order valence-corrected chi connectivity index (χ3v) is 11.9. The van der Waals surface area contributed by atoms with Gasteiger partial charge >= 0.3 is 0 Å². The lowest BCUT2D eigenvalue weighted by molar-refractivity contribution is -0.132. The van der Waals surface area contributed by atoms with Gasteiger partial charge in [-0.25, -0.2) is 0 Å². The summed E-state index contributed by atoms with van der Waals surface area (Å²) in [6.45, 7) is 0.221. The fraction of sp³-hybridized carbons (Fsp3) is 0.613. The molecule has 4 bridgehead atoms. The van der Waals surface area contributed by atoms with E-state index in [-0.39, 0.29) is 18.6 Å². The molecule has 2 atom stereocenters. The van der Waals surface area contributed by atoms with Crippen LogP contribution in [0.15, 0.2) is 32.6 Å². The van der Waals surface area contributed by atoms with Crippen LogP contribution >= 0.6 is 35.0 Å². The van der Waals surface area contributed by atoms with Crippen molar-refractivity contribution in [2.24, 2.45) is 22.7 Å². The van der Waals surface area contributed by atoms with E-state index in [0.717, 1.165) is 62.7 Å². The monoisotopic (exact) mass is 643 g/mol. The van der Waals surface area contributed by atoms with Gasteiger partial charge in [0.15, 0.2) is 12.0 Å². The van der Waals surface area contributed by atoms with Crippen LogP contribution in [0.1, 0.15) is 86.7 Å². The average Bonchev–Trinajstić information content (AvgIpc) is 3.32. The third kappa shape index (κ3) is 5.98. The summed E-state index contributed by atoms with van der Waals surface area (Å²) < 4.78 is 12.2. The number of carbonyl (C=O) groups excluding carboxylic acids is 1. The van der Waals surface area contributed by atoms with E-state index in [9.17, 15) is 15.2 Å². The molecule has 6 aliphatic rings. The van der Waals surface area contributed by atoms with Gasteiger partial charge in [-0.15, -0.1) is 11.8 Å². The standard InChI is InChI=1S/C31H35Cl2N5O4S/c32-20-5-6-22(23(33)11-20)28(39)37-30(7-8-30)15-41-29-26(43-21-3-1-2-4-21)25(42-38-29)27(35-16-34)36-24-18-9-17-10-19(24)14-31(40,12-17)13-18/h5-6,11,17-19,21,24,40H,1-4,7-10,12-15H2,(H,35,36)(H,37,39). The first-order valence-electron chi connectivity index (χ1n) is 15.3. The zero-order valence-corrected chi connectivity index (χ0v) is 26.1. The van der Waals surface area contributed by atoms with Crippen LogP contribution in [0.2, 0.25) is 10.0 Å². The number of thioether (sulfide) groups is 1.